The van der Waals surface area contributed by atoms with Crippen molar-refractivity contribution >= 4 is 34.4 Å². The van der Waals surface area contributed by atoms with Gasteiger partial charge in [0.2, 0.25) is 0 Å². The minimum Gasteiger partial charge on any atom is -0.450 e. The average Bonchev–Trinajstić information content (AvgIpc) is 3.04. The van der Waals surface area contributed by atoms with E-state index in [1.807, 2.05) is 31.2 Å². The summed E-state index contributed by atoms with van der Waals surface area (Å²) in [6.07, 6.45) is 0.903. The number of benzene rings is 3. The first-order valence-electron chi connectivity index (χ1n) is 13.1. The maximum Gasteiger partial charge on any atom is 0.409 e. The first-order chi connectivity index (χ1) is 18.9. The number of amides is 3. The van der Waals surface area contributed by atoms with Crippen LogP contribution in [-0.2, 0) is 22.1 Å². The van der Waals surface area contributed by atoms with E-state index in [0.29, 0.717) is 59.1 Å². The summed E-state index contributed by atoms with van der Waals surface area (Å²) < 4.78 is 18.7. The van der Waals surface area contributed by atoms with Gasteiger partial charge in [-0.3, -0.25) is 9.59 Å². The number of piperidine rings is 1. The molecule has 2 aliphatic heterocycles. The number of nitrogens with one attached hydrogen (secondary N) is 1. The van der Waals surface area contributed by atoms with Crippen molar-refractivity contribution in [1.29, 1.82) is 0 Å². The van der Waals surface area contributed by atoms with E-state index in [9.17, 15) is 18.6 Å². The number of rotatable bonds is 5. The van der Waals surface area contributed by atoms with Crippen LogP contribution < -0.4 is 10.2 Å². The van der Waals surface area contributed by atoms with Gasteiger partial charge in [-0.05, 0) is 68.1 Å². The largest absolute Gasteiger partial charge is 0.450 e. The minimum absolute atomic E-state index is 0.0925. The van der Waals surface area contributed by atoms with Crippen molar-refractivity contribution in [2.24, 2.45) is 0 Å². The van der Waals surface area contributed by atoms with Crippen LogP contribution in [0.25, 0.3) is 0 Å². The number of carbonyl (C=O) groups is 3. The van der Waals surface area contributed by atoms with Crippen LogP contribution in [0, 0.1) is 6.92 Å². The molecule has 0 aromatic heterocycles. The summed E-state index contributed by atoms with van der Waals surface area (Å²) in [5.41, 5.74) is 3.23. The molecule has 0 spiro atoms. The summed E-state index contributed by atoms with van der Waals surface area (Å²) in [4.78, 5) is 43.4. The van der Waals surface area contributed by atoms with Crippen LogP contribution in [-0.4, -0.2) is 52.8 Å². The quantitative estimate of drug-likeness (QED) is 0.503. The SMILES string of the molecule is CCOC(=O)N1CCC(NC(=O)c2ccc3c(c2)N(Cc2ccccc2C)C(=O)c2ccccc2[S@@]3=O)CC1. The Hall–Kier alpha value is -3.98. The minimum atomic E-state index is -1.59. The Bertz CT molecular complexity index is 1450. The van der Waals surface area contributed by atoms with Gasteiger partial charge in [0.15, 0.2) is 0 Å². The molecule has 3 aromatic carbocycles. The Kier molecular flexibility index (Phi) is 7.79. The van der Waals surface area contributed by atoms with Crippen LogP contribution in [0.4, 0.5) is 10.5 Å². The van der Waals surface area contributed by atoms with Gasteiger partial charge in [-0.15, -0.1) is 0 Å². The molecule has 0 saturated carbocycles. The molecule has 9 heteroatoms. The molecule has 0 bridgehead atoms. The number of ether oxygens (including phenoxy) is 1. The van der Waals surface area contributed by atoms with Crippen LogP contribution in [0.3, 0.4) is 0 Å². The molecule has 1 fully saturated rings. The molecule has 1 N–H and O–H groups in total. The molecular weight excluding hydrogens is 514 g/mol. The predicted octanol–water partition coefficient (Wildman–Crippen LogP) is 4.67. The topological polar surface area (TPSA) is 96.0 Å². The molecule has 3 aromatic rings. The smallest absolute Gasteiger partial charge is 0.409 e. The third-order valence-electron chi connectivity index (χ3n) is 7.22. The molecule has 1 saturated heterocycles. The molecule has 3 amide bonds. The average molecular weight is 546 g/mol. The van der Waals surface area contributed by atoms with E-state index < -0.39 is 10.8 Å². The first-order valence-corrected chi connectivity index (χ1v) is 14.3. The Balaban J connectivity index is 1.43. The number of hydrogen-bond donors (Lipinski definition) is 1. The number of nitrogens with zero attached hydrogens (tertiary/aromatic N) is 2. The van der Waals surface area contributed by atoms with Crippen molar-refractivity contribution in [3.8, 4) is 0 Å². The zero-order valence-corrected chi connectivity index (χ0v) is 22.8. The lowest BCUT2D eigenvalue weighted by Crippen LogP contribution is -2.46. The summed E-state index contributed by atoms with van der Waals surface area (Å²) in [5, 5.41) is 3.07. The molecule has 1 atom stereocenters. The molecule has 0 unspecified atom stereocenters. The monoisotopic (exact) mass is 545 g/mol. The van der Waals surface area contributed by atoms with Crippen LogP contribution in [0.15, 0.2) is 76.5 Å². The molecular formula is C30H31N3O5S. The summed E-state index contributed by atoms with van der Waals surface area (Å²) in [5.74, 6) is -0.534. The highest BCUT2D eigenvalue weighted by molar-refractivity contribution is 7.85. The van der Waals surface area contributed by atoms with E-state index in [4.69, 9.17) is 4.74 Å². The maximum absolute atomic E-state index is 13.8. The predicted molar refractivity (Wildman–Crippen MR) is 148 cm³/mol. The van der Waals surface area contributed by atoms with Crippen molar-refractivity contribution in [2.75, 3.05) is 24.6 Å². The highest BCUT2D eigenvalue weighted by Crippen LogP contribution is 2.36. The number of hydrogen-bond acceptors (Lipinski definition) is 5. The third-order valence-corrected chi connectivity index (χ3v) is 8.72. The highest BCUT2D eigenvalue weighted by atomic mass is 32.2. The molecule has 8 nitrogen and oxygen atoms in total. The maximum atomic E-state index is 13.8. The van der Waals surface area contributed by atoms with Gasteiger partial charge in [0.25, 0.3) is 11.8 Å². The van der Waals surface area contributed by atoms with Gasteiger partial charge < -0.3 is 19.9 Å². The fourth-order valence-corrected chi connectivity index (χ4v) is 6.35. The number of likely N-dealkylation sites (tertiary alicyclic amines) is 1. The Morgan fingerprint density at radius 1 is 1.00 bits per heavy atom. The van der Waals surface area contributed by atoms with Crippen LogP contribution >= 0.6 is 0 Å². The second-order valence-corrected chi connectivity index (χ2v) is 11.1. The standard InChI is InChI=1S/C30H31N3O5S/c1-3-38-30(36)32-16-14-23(15-17-32)31-28(34)21-12-13-27-25(18-21)33(19-22-9-5-4-8-20(22)2)29(35)24-10-6-7-11-26(24)39(27)37/h4-13,18,23H,3,14-17,19H2,1-2H3,(H,31,34)/t39-/m0/s1. The van der Waals surface area contributed by atoms with Crippen molar-refractivity contribution < 1.29 is 23.3 Å². The Labute approximate surface area is 230 Å². The number of anilines is 1. The number of fused-ring (bicyclic) bond motifs is 2. The summed E-state index contributed by atoms with van der Waals surface area (Å²) in [6, 6.07) is 19.7. The van der Waals surface area contributed by atoms with E-state index in [1.54, 1.807) is 59.2 Å². The Morgan fingerprint density at radius 2 is 1.72 bits per heavy atom. The number of carbonyl (C=O) groups excluding carboxylic acids is 3. The van der Waals surface area contributed by atoms with Crippen molar-refractivity contribution in [2.45, 2.75) is 49.1 Å². The van der Waals surface area contributed by atoms with Crippen LogP contribution in [0.5, 0.6) is 0 Å². The van der Waals surface area contributed by atoms with Crippen molar-refractivity contribution in [1.82, 2.24) is 10.2 Å². The Morgan fingerprint density at radius 3 is 2.46 bits per heavy atom. The van der Waals surface area contributed by atoms with Crippen molar-refractivity contribution in [3.63, 3.8) is 0 Å². The van der Waals surface area contributed by atoms with Gasteiger partial charge >= 0.3 is 6.09 Å². The lowest BCUT2D eigenvalue weighted by Gasteiger charge is -2.31. The molecule has 2 aliphatic rings. The summed E-state index contributed by atoms with van der Waals surface area (Å²) in [6.45, 7) is 5.37. The van der Waals surface area contributed by atoms with Crippen LogP contribution in [0.1, 0.15) is 51.6 Å². The van der Waals surface area contributed by atoms with Gasteiger partial charge in [0.05, 0.1) is 45.0 Å². The molecule has 5 rings (SSSR count). The first kappa shape index (κ1) is 26.6. The lowest BCUT2D eigenvalue weighted by molar-refractivity contribution is 0.0858. The van der Waals surface area contributed by atoms with Gasteiger partial charge in [-0.25, -0.2) is 9.00 Å². The van der Waals surface area contributed by atoms with E-state index >= 15 is 0 Å². The summed E-state index contributed by atoms with van der Waals surface area (Å²) >= 11 is 0. The van der Waals surface area contributed by atoms with Crippen LogP contribution in [0.2, 0.25) is 0 Å². The second kappa shape index (κ2) is 11.4. The zero-order valence-electron chi connectivity index (χ0n) is 22.0. The fourth-order valence-electron chi connectivity index (χ4n) is 5.01. The fraction of sp³-hybridized carbons (Fsp3) is 0.300. The molecule has 0 aliphatic carbocycles. The molecule has 2 heterocycles. The van der Waals surface area contributed by atoms with E-state index in [2.05, 4.69) is 5.32 Å². The second-order valence-electron chi connectivity index (χ2n) is 9.70. The van der Waals surface area contributed by atoms with Crippen molar-refractivity contribution in [3.05, 3.63) is 89.0 Å². The van der Waals surface area contributed by atoms with Gasteiger partial charge in [0.1, 0.15) is 0 Å². The van der Waals surface area contributed by atoms with Gasteiger partial charge in [0, 0.05) is 24.7 Å². The molecule has 0 radical (unpaired) electrons. The van der Waals surface area contributed by atoms with Gasteiger partial charge in [-0.2, -0.15) is 0 Å². The van der Waals surface area contributed by atoms with E-state index in [-0.39, 0.29) is 30.5 Å². The highest BCUT2D eigenvalue weighted by Gasteiger charge is 2.32. The normalized spacial score (nSPS) is 17.2. The van der Waals surface area contributed by atoms with Gasteiger partial charge in [-0.1, -0.05) is 36.4 Å². The number of aryl methyl sites for hydroxylation is 1. The van der Waals surface area contributed by atoms with E-state index in [1.165, 1.54) is 0 Å². The summed E-state index contributed by atoms with van der Waals surface area (Å²) in [7, 11) is -1.59. The molecule has 39 heavy (non-hydrogen) atoms. The third kappa shape index (κ3) is 5.45. The van der Waals surface area contributed by atoms with E-state index in [0.717, 1.165) is 11.1 Å². The molecule has 202 valence electrons. The zero-order chi connectivity index (χ0) is 27.5. The lowest BCUT2D eigenvalue weighted by atomic mass is 10.0.